The first-order valence-corrected chi connectivity index (χ1v) is 12.4. The number of rotatable bonds is 4. The summed E-state index contributed by atoms with van der Waals surface area (Å²) in [6.07, 6.45) is 4.52. The van der Waals surface area contributed by atoms with Crippen LogP contribution in [0.5, 0.6) is 0 Å². The lowest BCUT2D eigenvalue weighted by Crippen LogP contribution is -2.19. The van der Waals surface area contributed by atoms with E-state index < -0.39 is 21.8 Å². The lowest BCUT2D eigenvalue weighted by atomic mass is 10.0. The largest absolute Gasteiger partial charge is 0.354 e. The molecular weight excluding hydrogens is 425 g/mol. The third-order valence-electron chi connectivity index (χ3n) is 5.55. The number of fused-ring (bicyclic) bond motifs is 2. The lowest BCUT2D eigenvalue weighted by Gasteiger charge is -2.15. The number of aromatic nitrogens is 1. The molecular formula is C20H26FN5O2S2. The maximum absolute atomic E-state index is 14.4. The molecule has 3 N–H and O–H groups in total. The number of amides is 2. The minimum absolute atomic E-state index is 0.201. The molecule has 0 radical (unpaired) electrons. The van der Waals surface area contributed by atoms with Gasteiger partial charge in [-0.1, -0.05) is 6.92 Å². The van der Waals surface area contributed by atoms with Crippen LogP contribution < -0.4 is 10.5 Å². The van der Waals surface area contributed by atoms with Crippen molar-refractivity contribution in [3.05, 3.63) is 39.3 Å². The number of halogens is 1. The number of urea groups is 1. The van der Waals surface area contributed by atoms with Gasteiger partial charge >= 0.3 is 6.03 Å². The van der Waals surface area contributed by atoms with Crippen molar-refractivity contribution in [2.45, 2.75) is 55.7 Å². The first-order chi connectivity index (χ1) is 14.2. The van der Waals surface area contributed by atoms with Crippen LogP contribution in [-0.2, 0) is 35.7 Å². The standard InChI is InChI=1S/C20H26FN5O2S2/c1-11-7-8-14-17(11)23-16-6-4-5-13(16)18(14)24-20(27)25-30(22,28)19-15(21)9-12(29-19)10-26(2)3/h9,11H,4-8,10H2,1-3H3,(H3,22,23,24,25,27,28)/t11-,30-/m1/s1. The molecule has 2 atom stereocenters. The summed E-state index contributed by atoms with van der Waals surface area (Å²) in [6.45, 7) is 2.62. The Bertz CT molecular complexity index is 1130. The Morgan fingerprint density at radius 2 is 2.17 bits per heavy atom. The van der Waals surface area contributed by atoms with E-state index in [1.54, 1.807) is 0 Å². The number of pyridine rings is 1. The molecule has 2 heterocycles. The van der Waals surface area contributed by atoms with Crippen molar-refractivity contribution in [3.63, 3.8) is 0 Å². The average molecular weight is 452 g/mol. The van der Waals surface area contributed by atoms with Gasteiger partial charge in [0.15, 0.2) is 19.9 Å². The molecule has 2 aliphatic carbocycles. The number of anilines is 1. The molecule has 4 rings (SSSR count). The van der Waals surface area contributed by atoms with Gasteiger partial charge < -0.3 is 10.2 Å². The molecule has 2 aliphatic rings. The number of hydrogen-bond donors (Lipinski definition) is 2. The SMILES string of the molecule is C[C@@H]1CCc2c1nc1c(c2NC(=O)N=[S@@](N)(=O)c2sc(CN(C)C)cc2F)CCC1. The van der Waals surface area contributed by atoms with E-state index in [2.05, 4.69) is 16.6 Å². The second-order valence-electron chi connectivity index (χ2n) is 8.25. The minimum atomic E-state index is -3.69. The average Bonchev–Trinajstić information content (AvgIpc) is 3.34. The Balaban J connectivity index is 1.66. The number of nitrogens with zero attached hydrogens (tertiary/aromatic N) is 3. The number of nitrogens with two attached hydrogens (primary N) is 1. The molecule has 0 unspecified atom stereocenters. The van der Waals surface area contributed by atoms with Gasteiger partial charge in [0.05, 0.1) is 5.69 Å². The van der Waals surface area contributed by atoms with Gasteiger partial charge in [0, 0.05) is 22.8 Å². The number of nitrogens with one attached hydrogen (secondary N) is 1. The molecule has 162 valence electrons. The van der Waals surface area contributed by atoms with Crippen LogP contribution >= 0.6 is 11.3 Å². The highest BCUT2D eigenvalue weighted by molar-refractivity contribution is 7.93. The Labute approximate surface area is 180 Å². The van der Waals surface area contributed by atoms with Crippen molar-refractivity contribution in [3.8, 4) is 0 Å². The van der Waals surface area contributed by atoms with Crippen molar-refractivity contribution in [1.82, 2.24) is 9.88 Å². The predicted octanol–water partition coefficient (Wildman–Crippen LogP) is 3.81. The smallest absolute Gasteiger partial charge is 0.305 e. The van der Waals surface area contributed by atoms with Gasteiger partial charge in [-0.25, -0.2) is 18.5 Å². The van der Waals surface area contributed by atoms with Crippen LogP contribution in [0.1, 0.15) is 53.1 Å². The van der Waals surface area contributed by atoms with Crippen LogP contribution in [0.25, 0.3) is 0 Å². The van der Waals surface area contributed by atoms with E-state index in [1.165, 1.54) is 6.07 Å². The molecule has 0 bridgehead atoms. The van der Waals surface area contributed by atoms with Gasteiger partial charge in [-0.15, -0.1) is 15.7 Å². The minimum Gasteiger partial charge on any atom is -0.305 e. The van der Waals surface area contributed by atoms with E-state index in [-0.39, 0.29) is 4.21 Å². The van der Waals surface area contributed by atoms with Gasteiger partial charge in [0.25, 0.3) is 0 Å². The molecule has 2 aromatic rings. The van der Waals surface area contributed by atoms with Gasteiger partial charge in [-0.05, 0) is 69.3 Å². The summed E-state index contributed by atoms with van der Waals surface area (Å²) in [6, 6.07) is 0.482. The van der Waals surface area contributed by atoms with Crippen LogP contribution in [0, 0.1) is 5.82 Å². The molecule has 0 saturated heterocycles. The van der Waals surface area contributed by atoms with Crippen LogP contribution in [0.4, 0.5) is 14.9 Å². The van der Waals surface area contributed by atoms with Crippen LogP contribution in [0.3, 0.4) is 0 Å². The summed E-state index contributed by atoms with van der Waals surface area (Å²) in [7, 11) is 0.00527. The number of aryl methyl sites for hydroxylation is 1. The van der Waals surface area contributed by atoms with Crippen LogP contribution in [0.15, 0.2) is 14.6 Å². The molecule has 0 fully saturated rings. The summed E-state index contributed by atoms with van der Waals surface area (Å²) in [5, 5.41) is 8.65. The Kier molecular flexibility index (Phi) is 5.69. The first-order valence-electron chi connectivity index (χ1n) is 9.99. The van der Waals surface area contributed by atoms with E-state index in [4.69, 9.17) is 10.1 Å². The molecule has 2 amide bonds. The van der Waals surface area contributed by atoms with E-state index in [9.17, 15) is 13.4 Å². The van der Waals surface area contributed by atoms with Crippen molar-refractivity contribution >= 4 is 33.0 Å². The normalized spacial score (nSPS) is 19.5. The van der Waals surface area contributed by atoms with Gasteiger partial charge in [-0.3, -0.25) is 4.98 Å². The summed E-state index contributed by atoms with van der Waals surface area (Å²) in [5.41, 5.74) is 4.85. The summed E-state index contributed by atoms with van der Waals surface area (Å²) >= 11 is 0.983. The number of thiophene rings is 1. The fourth-order valence-corrected chi connectivity index (χ4v) is 6.74. The zero-order valence-electron chi connectivity index (χ0n) is 17.3. The van der Waals surface area contributed by atoms with Crippen molar-refractivity contribution in [1.29, 1.82) is 0 Å². The molecule has 0 saturated carbocycles. The monoisotopic (exact) mass is 451 g/mol. The molecule has 2 aromatic heterocycles. The van der Waals surface area contributed by atoms with Gasteiger partial charge in [0.1, 0.15) is 0 Å². The fourth-order valence-electron chi connectivity index (χ4n) is 4.23. The summed E-state index contributed by atoms with van der Waals surface area (Å²) in [5.74, 6) is -0.354. The summed E-state index contributed by atoms with van der Waals surface area (Å²) < 4.78 is 30.8. The van der Waals surface area contributed by atoms with Crippen LogP contribution in [0.2, 0.25) is 0 Å². The Morgan fingerprint density at radius 1 is 1.40 bits per heavy atom. The van der Waals surface area contributed by atoms with E-state index >= 15 is 0 Å². The second kappa shape index (κ2) is 7.99. The lowest BCUT2D eigenvalue weighted by molar-refractivity contribution is 0.260. The highest BCUT2D eigenvalue weighted by Crippen LogP contribution is 2.41. The maximum Gasteiger partial charge on any atom is 0.354 e. The quantitative estimate of drug-likeness (QED) is 0.738. The third kappa shape index (κ3) is 4.01. The number of carbonyl (C=O) groups is 1. The Hall–Kier alpha value is -1.88. The first kappa shape index (κ1) is 21.4. The van der Waals surface area contributed by atoms with Crippen molar-refractivity contribution in [2.24, 2.45) is 9.50 Å². The Morgan fingerprint density at radius 3 is 2.90 bits per heavy atom. The fraction of sp³-hybridized carbons (Fsp3) is 0.500. The second-order valence-corrected chi connectivity index (χ2v) is 11.4. The van der Waals surface area contributed by atoms with Crippen molar-refractivity contribution in [2.75, 3.05) is 19.4 Å². The molecule has 7 nitrogen and oxygen atoms in total. The third-order valence-corrected chi connectivity index (χ3v) is 8.56. The van der Waals surface area contributed by atoms with Crippen LogP contribution in [-0.4, -0.2) is 34.2 Å². The topological polar surface area (TPSA) is 101 Å². The van der Waals surface area contributed by atoms with E-state index in [0.29, 0.717) is 17.3 Å². The van der Waals surface area contributed by atoms with E-state index in [1.807, 2.05) is 19.0 Å². The van der Waals surface area contributed by atoms with Crippen molar-refractivity contribution < 1.29 is 13.4 Å². The van der Waals surface area contributed by atoms with Gasteiger partial charge in [-0.2, -0.15) is 0 Å². The molecule has 0 aromatic carbocycles. The molecule has 0 aliphatic heterocycles. The highest BCUT2D eigenvalue weighted by Gasteiger charge is 2.30. The zero-order chi connectivity index (χ0) is 21.6. The highest BCUT2D eigenvalue weighted by atomic mass is 32.2. The molecule has 0 spiro atoms. The van der Waals surface area contributed by atoms with Gasteiger partial charge in [0.2, 0.25) is 0 Å². The summed E-state index contributed by atoms with van der Waals surface area (Å²) in [4.78, 5) is 20.1. The van der Waals surface area contributed by atoms with E-state index in [0.717, 1.165) is 71.6 Å². The molecule has 10 heteroatoms. The number of carbonyl (C=O) groups excluding carboxylic acids is 1. The molecule has 30 heavy (non-hydrogen) atoms. The zero-order valence-corrected chi connectivity index (χ0v) is 19.0. The number of hydrogen-bond acceptors (Lipinski definition) is 5. The maximum atomic E-state index is 14.4. The predicted molar refractivity (Wildman–Crippen MR) is 117 cm³/mol.